The van der Waals surface area contributed by atoms with Gasteiger partial charge < -0.3 is 15.0 Å². The molecule has 1 N–H and O–H groups in total. The highest BCUT2D eigenvalue weighted by Crippen LogP contribution is 2.42. The van der Waals surface area contributed by atoms with E-state index >= 15 is 0 Å². The van der Waals surface area contributed by atoms with E-state index in [0.717, 1.165) is 28.3 Å². The number of nitrogens with zero attached hydrogens (tertiary/aromatic N) is 1. The van der Waals surface area contributed by atoms with Gasteiger partial charge in [0.15, 0.2) is 0 Å². The molecule has 0 saturated carbocycles. The minimum atomic E-state index is -0.112. The fraction of sp³-hybridized carbons (Fsp3) is 0.304. The molecule has 152 valence electrons. The van der Waals surface area contributed by atoms with Gasteiger partial charge in [0, 0.05) is 24.1 Å². The third-order valence-electron chi connectivity index (χ3n) is 4.74. The molecule has 29 heavy (non-hydrogen) atoms. The van der Waals surface area contributed by atoms with Crippen molar-refractivity contribution in [3.8, 4) is 5.75 Å². The molecular weight excluding hydrogens is 384 g/mol. The van der Waals surface area contributed by atoms with Crippen molar-refractivity contribution in [1.29, 1.82) is 0 Å². The monoisotopic (exact) mass is 410 g/mol. The van der Waals surface area contributed by atoms with Crippen LogP contribution in [-0.2, 0) is 4.79 Å². The van der Waals surface area contributed by atoms with Crippen LogP contribution in [0.3, 0.4) is 0 Å². The summed E-state index contributed by atoms with van der Waals surface area (Å²) in [6, 6.07) is 13.1. The fourth-order valence-corrected chi connectivity index (χ4v) is 4.06. The van der Waals surface area contributed by atoms with Crippen molar-refractivity contribution < 1.29 is 14.3 Å². The SMILES string of the molecule is COc1ccc(/C=C2\Sc3ccc(C(=O)NCCC(C)C)cc3N(C)C2=O)cc1. The molecule has 0 spiro atoms. The third kappa shape index (κ3) is 5.01. The van der Waals surface area contributed by atoms with Crippen molar-refractivity contribution in [3.63, 3.8) is 0 Å². The number of anilines is 1. The average molecular weight is 411 g/mol. The van der Waals surface area contributed by atoms with E-state index in [-0.39, 0.29) is 11.8 Å². The molecule has 1 aliphatic rings. The van der Waals surface area contributed by atoms with Gasteiger partial charge in [-0.3, -0.25) is 9.59 Å². The molecule has 2 amide bonds. The smallest absolute Gasteiger partial charge is 0.264 e. The van der Waals surface area contributed by atoms with Crippen LogP contribution in [0, 0.1) is 5.92 Å². The summed E-state index contributed by atoms with van der Waals surface area (Å²) >= 11 is 1.42. The predicted octanol–water partition coefficient (Wildman–Crippen LogP) is 4.58. The zero-order valence-corrected chi connectivity index (χ0v) is 18.0. The molecule has 0 aliphatic carbocycles. The normalized spacial score (nSPS) is 14.9. The van der Waals surface area contributed by atoms with Gasteiger partial charge in [-0.05, 0) is 54.3 Å². The number of amides is 2. The van der Waals surface area contributed by atoms with Gasteiger partial charge in [-0.2, -0.15) is 0 Å². The van der Waals surface area contributed by atoms with Gasteiger partial charge in [0.05, 0.1) is 17.7 Å². The number of methoxy groups -OCH3 is 1. The van der Waals surface area contributed by atoms with Gasteiger partial charge in [0.2, 0.25) is 0 Å². The van der Waals surface area contributed by atoms with Crippen molar-refractivity contribution in [2.75, 3.05) is 25.6 Å². The standard InChI is InChI=1S/C23H26N2O3S/c1-15(2)11-12-24-22(26)17-7-10-20-19(14-17)25(3)23(27)21(29-20)13-16-5-8-18(28-4)9-6-16/h5-10,13-15H,11-12H2,1-4H3,(H,24,26)/b21-13-. The van der Waals surface area contributed by atoms with Crippen LogP contribution in [0.25, 0.3) is 6.08 Å². The zero-order valence-electron chi connectivity index (χ0n) is 17.2. The second-order valence-corrected chi connectivity index (χ2v) is 8.45. The second kappa shape index (κ2) is 9.18. The van der Waals surface area contributed by atoms with Crippen LogP contribution < -0.4 is 15.0 Å². The summed E-state index contributed by atoms with van der Waals surface area (Å²) in [7, 11) is 3.36. The van der Waals surface area contributed by atoms with Crippen LogP contribution in [0.4, 0.5) is 5.69 Å². The molecule has 2 aromatic rings. The van der Waals surface area contributed by atoms with Gasteiger partial charge in [-0.25, -0.2) is 0 Å². The van der Waals surface area contributed by atoms with Crippen LogP contribution in [-0.4, -0.2) is 32.5 Å². The highest BCUT2D eigenvalue weighted by atomic mass is 32.2. The molecule has 0 aromatic heterocycles. The summed E-state index contributed by atoms with van der Waals surface area (Å²) in [5.74, 6) is 1.11. The van der Waals surface area contributed by atoms with Crippen molar-refractivity contribution in [2.45, 2.75) is 25.2 Å². The maximum Gasteiger partial charge on any atom is 0.264 e. The molecule has 0 bridgehead atoms. The number of nitrogens with one attached hydrogen (secondary N) is 1. The number of thioether (sulfide) groups is 1. The number of rotatable bonds is 6. The molecule has 0 radical (unpaired) electrons. The quantitative estimate of drug-likeness (QED) is 0.708. The van der Waals surface area contributed by atoms with E-state index in [9.17, 15) is 9.59 Å². The van der Waals surface area contributed by atoms with E-state index in [2.05, 4.69) is 19.2 Å². The Hall–Kier alpha value is -2.73. The largest absolute Gasteiger partial charge is 0.497 e. The van der Waals surface area contributed by atoms with Gasteiger partial charge in [0.1, 0.15) is 5.75 Å². The Morgan fingerprint density at radius 2 is 1.93 bits per heavy atom. The van der Waals surface area contributed by atoms with Crippen LogP contribution in [0.5, 0.6) is 5.75 Å². The number of benzene rings is 2. The first-order valence-electron chi connectivity index (χ1n) is 9.63. The van der Waals surface area contributed by atoms with Crippen molar-refractivity contribution in [2.24, 2.45) is 5.92 Å². The Morgan fingerprint density at radius 3 is 2.59 bits per heavy atom. The molecule has 6 heteroatoms. The number of carbonyl (C=O) groups excluding carboxylic acids is 2. The fourth-order valence-electron chi connectivity index (χ4n) is 2.96. The van der Waals surface area contributed by atoms with E-state index < -0.39 is 0 Å². The van der Waals surface area contributed by atoms with Gasteiger partial charge in [-0.1, -0.05) is 37.7 Å². The Bertz CT molecular complexity index is 936. The molecule has 5 nitrogen and oxygen atoms in total. The first-order valence-corrected chi connectivity index (χ1v) is 10.4. The summed E-state index contributed by atoms with van der Waals surface area (Å²) in [6.45, 7) is 4.89. The maximum absolute atomic E-state index is 12.9. The number of likely N-dealkylation sites (N-methyl/N-ethyl adjacent to an activating group) is 1. The van der Waals surface area contributed by atoms with Gasteiger partial charge >= 0.3 is 0 Å². The van der Waals surface area contributed by atoms with E-state index in [1.54, 1.807) is 25.1 Å². The predicted molar refractivity (Wildman–Crippen MR) is 118 cm³/mol. The van der Waals surface area contributed by atoms with E-state index in [4.69, 9.17) is 4.74 Å². The summed E-state index contributed by atoms with van der Waals surface area (Å²) in [5, 5.41) is 2.94. The zero-order chi connectivity index (χ0) is 21.0. The van der Waals surface area contributed by atoms with E-state index in [1.807, 2.05) is 42.5 Å². The molecule has 2 aromatic carbocycles. The molecule has 0 unspecified atom stereocenters. The Labute approximate surface area is 176 Å². The lowest BCUT2D eigenvalue weighted by Crippen LogP contribution is -2.31. The first-order chi connectivity index (χ1) is 13.9. The van der Waals surface area contributed by atoms with Crippen LogP contribution in [0.2, 0.25) is 0 Å². The Morgan fingerprint density at radius 1 is 1.21 bits per heavy atom. The number of hydrogen-bond acceptors (Lipinski definition) is 4. The molecule has 1 heterocycles. The van der Waals surface area contributed by atoms with Gasteiger partial charge in [-0.15, -0.1) is 0 Å². The lowest BCUT2D eigenvalue weighted by molar-refractivity contribution is -0.114. The number of hydrogen-bond donors (Lipinski definition) is 1. The number of ether oxygens (including phenoxy) is 1. The van der Waals surface area contributed by atoms with Gasteiger partial charge in [0.25, 0.3) is 11.8 Å². The summed E-state index contributed by atoms with van der Waals surface area (Å²) in [4.78, 5) is 28.5. The van der Waals surface area contributed by atoms with Crippen LogP contribution in [0.15, 0.2) is 52.3 Å². The molecule has 0 saturated heterocycles. The molecule has 1 aliphatic heterocycles. The minimum Gasteiger partial charge on any atom is -0.497 e. The van der Waals surface area contributed by atoms with Crippen LogP contribution >= 0.6 is 11.8 Å². The molecule has 0 atom stereocenters. The number of fused-ring (bicyclic) bond motifs is 1. The Kier molecular flexibility index (Phi) is 6.64. The first kappa shape index (κ1) is 21.0. The second-order valence-electron chi connectivity index (χ2n) is 7.37. The van der Waals surface area contributed by atoms with E-state index in [0.29, 0.717) is 22.9 Å². The lowest BCUT2D eigenvalue weighted by Gasteiger charge is -2.27. The van der Waals surface area contributed by atoms with Crippen molar-refractivity contribution in [3.05, 3.63) is 58.5 Å². The summed E-state index contributed by atoms with van der Waals surface area (Å²) in [6.07, 6.45) is 2.81. The molecule has 3 rings (SSSR count). The highest BCUT2D eigenvalue weighted by molar-refractivity contribution is 8.04. The topological polar surface area (TPSA) is 58.6 Å². The average Bonchev–Trinajstić information content (AvgIpc) is 2.71. The third-order valence-corrected chi connectivity index (χ3v) is 5.82. The summed E-state index contributed by atoms with van der Waals surface area (Å²) in [5.41, 5.74) is 2.25. The Balaban J connectivity index is 1.80. The molecule has 0 fully saturated rings. The maximum atomic E-state index is 12.9. The van der Waals surface area contributed by atoms with Crippen LogP contribution in [0.1, 0.15) is 36.2 Å². The van der Waals surface area contributed by atoms with Crippen molar-refractivity contribution in [1.82, 2.24) is 5.32 Å². The minimum absolute atomic E-state index is 0.0873. The highest BCUT2D eigenvalue weighted by Gasteiger charge is 2.27. The molecular formula is C23H26N2O3S. The summed E-state index contributed by atoms with van der Waals surface area (Å²) < 4.78 is 5.18. The van der Waals surface area contributed by atoms with Crippen molar-refractivity contribution >= 4 is 35.3 Å². The van der Waals surface area contributed by atoms with E-state index in [1.165, 1.54) is 11.8 Å². The lowest BCUT2D eigenvalue weighted by atomic mass is 10.1. The number of carbonyl (C=O) groups is 2.